The van der Waals surface area contributed by atoms with Gasteiger partial charge in [0.25, 0.3) is 0 Å². The molecule has 0 saturated heterocycles. The number of carbonyl (C=O) groups excluding carboxylic acids is 2. The van der Waals surface area contributed by atoms with E-state index in [-0.39, 0.29) is 44.2 Å². The summed E-state index contributed by atoms with van der Waals surface area (Å²) in [5, 5.41) is 3.24. The Labute approximate surface area is 162 Å². The maximum absolute atomic E-state index is 11.5. The quantitative estimate of drug-likeness (QED) is 0.443. The molecule has 1 rings (SSSR count). The molecule has 0 aromatic heterocycles. The molecule has 26 heavy (non-hydrogen) atoms. The molecule has 0 unspecified atom stereocenters. The first-order chi connectivity index (χ1) is 12.6. The summed E-state index contributed by atoms with van der Waals surface area (Å²) in [7, 11) is 0. The van der Waals surface area contributed by atoms with E-state index >= 15 is 0 Å². The topological polar surface area (TPSA) is 83.1 Å². The average molecular weight is 408 g/mol. The van der Waals surface area contributed by atoms with Crippen molar-refractivity contribution in [1.29, 1.82) is 0 Å². The van der Waals surface area contributed by atoms with Crippen molar-refractivity contribution in [2.24, 2.45) is 0 Å². The smallest absolute Gasteiger partial charge is 0.433 e. The highest BCUT2D eigenvalue weighted by atomic mass is 35.5. The van der Waals surface area contributed by atoms with Crippen molar-refractivity contribution >= 4 is 35.5 Å². The van der Waals surface area contributed by atoms with Crippen molar-refractivity contribution in [2.75, 3.05) is 38.2 Å². The van der Waals surface area contributed by atoms with Crippen molar-refractivity contribution < 1.29 is 28.5 Å². The second kappa shape index (κ2) is 13.5. The molecule has 7 nitrogen and oxygen atoms in total. The second-order valence-electron chi connectivity index (χ2n) is 5.19. The van der Waals surface area contributed by atoms with Gasteiger partial charge in [-0.05, 0) is 12.5 Å². The van der Waals surface area contributed by atoms with Crippen molar-refractivity contribution in [2.45, 2.75) is 19.0 Å². The first-order valence-electron chi connectivity index (χ1n) is 8.08. The summed E-state index contributed by atoms with van der Waals surface area (Å²) in [6.07, 6.45) is -1.68. The monoisotopic (exact) mass is 407 g/mol. The van der Waals surface area contributed by atoms with Crippen molar-refractivity contribution in [3.63, 3.8) is 0 Å². The highest BCUT2D eigenvalue weighted by Crippen LogP contribution is 2.12. The summed E-state index contributed by atoms with van der Waals surface area (Å²) in [6, 6.07) is 9.15. The molecule has 146 valence electrons. The zero-order valence-electron chi connectivity index (χ0n) is 14.5. The molecule has 0 fully saturated rings. The Bertz CT molecular complexity index is 507. The Morgan fingerprint density at radius 2 is 1.42 bits per heavy atom. The van der Waals surface area contributed by atoms with Gasteiger partial charge < -0.3 is 24.3 Å². The third kappa shape index (κ3) is 9.70. The SMILES string of the molecule is C[C@@H](NC(COC(=O)OCCCl)COC(=O)OCCCl)c1ccccc1. The largest absolute Gasteiger partial charge is 0.508 e. The van der Waals surface area contributed by atoms with Gasteiger partial charge in [0.1, 0.15) is 26.4 Å². The van der Waals surface area contributed by atoms with Gasteiger partial charge in [-0.1, -0.05) is 30.3 Å². The molecule has 0 saturated carbocycles. The normalized spacial score (nSPS) is 11.7. The number of carbonyl (C=O) groups is 2. The minimum Gasteiger partial charge on any atom is -0.433 e. The zero-order chi connectivity index (χ0) is 19.2. The standard InChI is InChI=1S/C17H23Cl2NO6/c1-13(14-5-3-2-4-6-14)20-15(11-25-16(21)23-9-7-18)12-26-17(22)24-10-8-19/h2-6,13,15,20H,7-12H2,1H3/t13-/m1/s1. The lowest BCUT2D eigenvalue weighted by atomic mass is 10.1. The Kier molecular flexibility index (Phi) is 11.6. The van der Waals surface area contributed by atoms with Gasteiger partial charge in [0, 0.05) is 6.04 Å². The molecule has 0 aliphatic heterocycles. The number of halogens is 2. The predicted molar refractivity (Wildman–Crippen MR) is 97.8 cm³/mol. The molecule has 1 N–H and O–H groups in total. The van der Waals surface area contributed by atoms with Crippen molar-refractivity contribution in [3.05, 3.63) is 35.9 Å². The van der Waals surface area contributed by atoms with Gasteiger partial charge in [-0.2, -0.15) is 0 Å². The van der Waals surface area contributed by atoms with Crippen molar-refractivity contribution in [3.8, 4) is 0 Å². The molecule has 0 aliphatic carbocycles. The lowest BCUT2D eigenvalue weighted by Gasteiger charge is -2.23. The molecule has 9 heteroatoms. The number of nitrogens with one attached hydrogen (secondary N) is 1. The molecule has 1 aromatic carbocycles. The van der Waals surface area contributed by atoms with Crippen LogP contribution in [0.4, 0.5) is 9.59 Å². The van der Waals surface area contributed by atoms with Gasteiger partial charge in [-0.15, -0.1) is 23.2 Å². The summed E-state index contributed by atoms with van der Waals surface area (Å²) in [6.45, 7) is 1.95. The van der Waals surface area contributed by atoms with E-state index in [1.165, 1.54) is 0 Å². The maximum Gasteiger partial charge on any atom is 0.508 e. The second-order valence-corrected chi connectivity index (χ2v) is 5.95. The fourth-order valence-corrected chi connectivity index (χ4v) is 2.15. The average Bonchev–Trinajstić information content (AvgIpc) is 2.67. The highest BCUT2D eigenvalue weighted by molar-refractivity contribution is 6.18. The van der Waals surface area contributed by atoms with Crippen LogP contribution in [0.1, 0.15) is 18.5 Å². The number of alkyl halides is 2. The van der Waals surface area contributed by atoms with E-state index < -0.39 is 18.4 Å². The van der Waals surface area contributed by atoms with E-state index in [0.29, 0.717) is 0 Å². The van der Waals surface area contributed by atoms with Crippen LogP contribution >= 0.6 is 23.2 Å². The molecule has 1 atom stereocenters. The zero-order valence-corrected chi connectivity index (χ0v) is 16.0. The number of ether oxygens (including phenoxy) is 4. The number of rotatable bonds is 11. The number of benzene rings is 1. The van der Waals surface area contributed by atoms with E-state index in [9.17, 15) is 9.59 Å². The van der Waals surface area contributed by atoms with Crippen LogP contribution in [0.2, 0.25) is 0 Å². The fourth-order valence-electron chi connectivity index (χ4n) is 2.00. The lowest BCUT2D eigenvalue weighted by molar-refractivity contribution is 0.0272. The fraction of sp³-hybridized carbons (Fsp3) is 0.529. The molecule has 0 heterocycles. The van der Waals surface area contributed by atoms with Crippen LogP contribution in [-0.2, 0) is 18.9 Å². The van der Waals surface area contributed by atoms with Crippen molar-refractivity contribution in [1.82, 2.24) is 5.32 Å². The van der Waals surface area contributed by atoms with Gasteiger partial charge in [-0.3, -0.25) is 0 Å². The van der Waals surface area contributed by atoms with Crippen LogP contribution in [0.25, 0.3) is 0 Å². The summed E-state index contributed by atoms with van der Waals surface area (Å²) < 4.78 is 19.5. The Morgan fingerprint density at radius 3 is 1.88 bits per heavy atom. The first kappa shape index (κ1) is 22.3. The van der Waals surface area contributed by atoms with E-state index in [2.05, 4.69) is 5.32 Å². The summed E-state index contributed by atoms with van der Waals surface area (Å²) >= 11 is 10.9. The minimum atomic E-state index is -0.838. The molecule has 0 spiro atoms. The van der Waals surface area contributed by atoms with Crippen LogP contribution in [0.3, 0.4) is 0 Å². The summed E-state index contributed by atoms with van der Waals surface area (Å²) in [4.78, 5) is 22.9. The van der Waals surface area contributed by atoms with Crippen LogP contribution < -0.4 is 5.32 Å². The third-order valence-corrected chi connectivity index (χ3v) is 3.49. The van der Waals surface area contributed by atoms with Gasteiger partial charge in [-0.25, -0.2) is 9.59 Å². The lowest BCUT2D eigenvalue weighted by Crippen LogP contribution is -2.40. The molecular formula is C17H23Cl2NO6. The van der Waals surface area contributed by atoms with E-state index in [1.807, 2.05) is 37.3 Å². The van der Waals surface area contributed by atoms with Crippen LogP contribution in [-0.4, -0.2) is 56.5 Å². The Morgan fingerprint density at radius 1 is 0.923 bits per heavy atom. The van der Waals surface area contributed by atoms with Crippen LogP contribution in [0, 0.1) is 0 Å². The first-order valence-corrected chi connectivity index (χ1v) is 9.15. The molecular weight excluding hydrogens is 385 g/mol. The van der Waals surface area contributed by atoms with Gasteiger partial charge in [0.2, 0.25) is 0 Å². The molecule has 1 aromatic rings. The summed E-state index contributed by atoms with van der Waals surface area (Å²) in [5.74, 6) is 0.356. The predicted octanol–water partition coefficient (Wildman–Crippen LogP) is 3.49. The molecule has 0 radical (unpaired) electrons. The molecule has 0 aliphatic rings. The molecule has 0 bridgehead atoms. The highest BCUT2D eigenvalue weighted by Gasteiger charge is 2.19. The van der Waals surface area contributed by atoms with E-state index in [4.69, 9.17) is 42.1 Å². The Balaban J connectivity index is 2.56. The maximum atomic E-state index is 11.5. The van der Waals surface area contributed by atoms with Gasteiger partial charge in [0.15, 0.2) is 0 Å². The van der Waals surface area contributed by atoms with Gasteiger partial charge >= 0.3 is 12.3 Å². The third-order valence-electron chi connectivity index (χ3n) is 3.18. The minimum absolute atomic E-state index is 0.0545. The summed E-state index contributed by atoms with van der Waals surface area (Å²) in [5.41, 5.74) is 1.03. The van der Waals surface area contributed by atoms with E-state index in [0.717, 1.165) is 5.56 Å². The van der Waals surface area contributed by atoms with E-state index in [1.54, 1.807) is 0 Å². The number of hydrogen-bond donors (Lipinski definition) is 1. The number of hydrogen-bond acceptors (Lipinski definition) is 7. The van der Waals surface area contributed by atoms with Gasteiger partial charge in [0.05, 0.1) is 17.8 Å². The molecule has 0 amide bonds. The Hall–Kier alpha value is -1.70. The van der Waals surface area contributed by atoms with Crippen LogP contribution in [0.15, 0.2) is 30.3 Å². The van der Waals surface area contributed by atoms with Crippen LogP contribution in [0.5, 0.6) is 0 Å².